The van der Waals surface area contributed by atoms with E-state index in [0.717, 1.165) is 31.9 Å². The molecular formula is C15H25N3O. The number of likely N-dealkylation sites (tertiary alicyclic amines) is 1. The minimum Gasteiger partial charge on any atom is -0.477 e. The SMILES string of the molecule is c1c(OCCCCN2CCCC2)nn2c1CCCC2. The number of rotatable bonds is 6. The first-order chi connectivity index (χ1) is 9.42. The summed E-state index contributed by atoms with van der Waals surface area (Å²) in [6.45, 7) is 5.71. The van der Waals surface area contributed by atoms with E-state index in [-0.39, 0.29) is 0 Å². The molecule has 3 heterocycles. The Morgan fingerprint density at radius 1 is 1.05 bits per heavy atom. The summed E-state index contributed by atoms with van der Waals surface area (Å²) in [6, 6.07) is 2.12. The van der Waals surface area contributed by atoms with Crippen molar-refractivity contribution in [2.75, 3.05) is 26.2 Å². The quantitative estimate of drug-likeness (QED) is 0.739. The van der Waals surface area contributed by atoms with Gasteiger partial charge in [0.15, 0.2) is 0 Å². The highest BCUT2D eigenvalue weighted by atomic mass is 16.5. The molecule has 4 heteroatoms. The zero-order chi connectivity index (χ0) is 12.9. The molecule has 0 aromatic carbocycles. The Balaban J connectivity index is 1.34. The molecule has 106 valence electrons. The second kappa shape index (κ2) is 6.42. The molecule has 2 aliphatic rings. The molecule has 1 aromatic heterocycles. The Hall–Kier alpha value is -1.03. The van der Waals surface area contributed by atoms with E-state index in [9.17, 15) is 0 Å². The van der Waals surface area contributed by atoms with Gasteiger partial charge in [-0.15, -0.1) is 5.10 Å². The molecule has 0 radical (unpaired) electrons. The predicted octanol–water partition coefficient (Wildman–Crippen LogP) is 2.47. The highest BCUT2D eigenvalue weighted by Gasteiger charge is 2.13. The van der Waals surface area contributed by atoms with E-state index >= 15 is 0 Å². The van der Waals surface area contributed by atoms with Crippen molar-refractivity contribution in [2.24, 2.45) is 0 Å². The Kier molecular flexibility index (Phi) is 4.38. The smallest absolute Gasteiger partial charge is 0.232 e. The first kappa shape index (κ1) is 13.0. The monoisotopic (exact) mass is 263 g/mol. The Bertz CT molecular complexity index is 373. The molecule has 1 aromatic rings. The van der Waals surface area contributed by atoms with Gasteiger partial charge in [-0.3, -0.25) is 4.68 Å². The van der Waals surface area contributed by atoms with Gasteiger partial charge in [0, 0.05) is 18.3 Å². The van der Waals surface area contributed by atoms with Crippen molar-refractivity contribution in [1.29, 1.82) is 0 Å². The first-order valence-electron chi connectivity index (χ1n) is 7.84. The summed E-state index contributed by atoms with van der Waals surface area (Å²) < 4.78 is 7.89. The van der Waals surface area contributed by atoms with E-state index in [1.165, 1.54) is 57.4 Å². The van der Waals surface area contributed by atoms with E-state index in [0.29, 0.717) is 0 Å². The highest BCUT2D eigenvalue weighted by molar-refractivity contribution is 5.16. The Morgan fingerprint density at radius 2 is 1.89 bits per heavy atom. The van der Waals surface area contributed by atoms with Gasteiger partial charge in [0.2, 0.25) is 5.88 Å². The summed E-state index contributed by atoms with van der Waals surface area (Å²) in [7, 11) is 0. The van der Waals surface area contributed by atoms with Crippen LogP contribution in [-0.2, 0) is 13.0 Å². The summed E-state index contributed by atoms with van der Waals surface area (Å²) >= 11 is 0. The highest BCUT2D eigenvalue weighted by Crippen LogP contribution is 2.19. The van der Waals surface area contributed by atoms with Gasteiger partial charge in [-0.25, -0.2) is 0 Å². The molecule has 0 amide bonds. The van der Waals surface area contributed by atoms with Crippen LogP contribution in [0.3, 0.4) is 0 Å². The molecule has 4 nitrogen and oxygen atoms in total. The molecule has 0 N–H and O–H groups in total. The summed E-state index contributed by atoms with van der Waals surface area (Å²) in [5, 5.41) is 4.51. The largest absolute Gasteiger partial charge is 0.477 e. The maximum absolute atomic E-state index is 5.77. The maximum atomic E-state index is 5.77. The third-order valence-corrected chi connectivity index (χ3v) is 4.21. The van der Waals surface area contributed by atoms with Crippen molar-refractivity contribution in [3.63, 3.8) is 0 Å². The van der Waals surface area contributed by atoms with Crippen molar-refractivity contribution < 1.29 is 4.74 Å². The van der Waals surface area contributed by atoms with E-state index in [2.05, 4.69) is 20.7 Å². The number of hydrogen-bond acceptors (Lipinski definition) is 3. The molecule has 19 heavy (non-hydrogen) atoms. The number of aromatic nitrogens is 2. The van der Waals surface area contributed by atoms with Gasteiger partial charge in [0.05, 0.1) is 6.61 Å². The maximum Gasteiger partial charge on any atom is 0.232 e. The third kappa shape index (κ3) is 3.50. The molecular weight excluding hydrogens is 238 g/mol. The predicted molar refractivity (Wildman–Crippen MR) is 75.6 cm³/mol. The van der Waals surface area contributed by atoms with E-state index in [4.69, 9.17) is 4.74 Å². The molecule has 1 saturated heterocycles. The van der Waals surface area contributed by atoms with Crippen LogP contribution in [-0.4, -0.2) is 40.9 Å². The van der Waals surface area contributed by atoms with E-state index in [1.54, 1.807) is 0 Å². The molecule has 0 unspecified atom stereocenters. The standard InChI is InChI=1S/C15H25N3O/c1-2-11-18-14(7-1)13-15(16-18)19-12-6-5-10-17-8-3-4-9-17/h13H,1-12H2. The number of ether oxygens (including phenoxy) is 1. The molecule has 1 fully saturated rings. The second-order valence-corrected chi connectivity index (χ2v) is 5.76. The fourth-order valence-electron chi connectivity index (χ4n) is 3.08. The van der Waals surface area contributed by atoms with Gasteiger partial charge in [0.1, 0.15) is 0 Å². The Morgan fingerprint density at radius 3 is 2.74 bits per heavy atom. The van der Waals surface area contributed by atoms with Gasteiger partial charge in [-0.05, 0) is 64.6 Å². The minimum atomic E-state index is 0.810. The lowest BCUT2D eigenvalue weighted by Crippen LogP contribution is -2.20. The summed E-state index contributed by atoms with van der Waals surface area (Å²) in [4.78, 5) is 2.56. The fraction of sp³-hybridized carbons (Fsp3) is 0.800. The number of unbranched alkanes of at least 4 members (excludes halogenated alkanes) is 1. The van der Waals surface area contributed by atoms with Crippen molar-refractivity contribution in [3.05, 3.63) is 11.8 Å². The van der Waals surface area contributed by atoms with Crippen LogP contribution in [0.4, 0.5) is 0 Å². The van der Waals surface area contributed by atoms with E-state index < -0.39 is 0 Å². The van der Waals surface area contributed by atoms with Gasteiger partial charge >= 0.3 is 0 Å². The van der Waals surface area contributed by atoms with Crippen LogP contribution >= 0.6 is 0 Å². The lowest BCUT2D eigenvalue weighted by atomic mass is 10.1. The van der Waals surface area contributed by atoms with Crippen LogP contribution in [0.1, 0.15) is 44.2 Å². The zero-order valence-corrected chi connectivity index (χ0v) is 11.8. The first-order valence-corrected chi connectivity index (χ1v) is 7.84. The summed E-state index contributed by atoms with van der Waals surface area (Å²) in [6.07, 6.45) is 8.86. The van der Waals surface area contributed by atoms with Gasteiger partial charge in [0.25, 0.3) is 0 Å². The fourth-order valence-corrected chi connectivity index (χ4v) is 3.08. The van der Waals surface area contributed by atoms with Gasteiger partial charge in [-0.2, -0.15) is 0 Å². The van der Waals surface area contributed by atoms with Crippen LogP contribution < -0.4 is 4.74 Å². The average molecular weight is 263 g/mol. The van der Waals surface area contributed by atoms with Crippen LogP contribution in [0.2, 0.25) is 0 Å². The third-order valence-electron chi connectivity index (χ3n) is 4.21. The number of hydrogen-bond donors (Lipinski definition) is 0. The molecule has 0 atom stereocenters. The normalized spacial score (nSPS) is 19.6. The number of fused-ring (bicyclic) bond motifs is 1. The number of aryl methyl sites for hydroxylation is 2. The summed E-state index contributed by atoms with van der Waals surface area (Å²) in [5.41, 5.74) is 1.35. The molecule has 0 saturated carbocycles. The lowest BCUT2D eigenvalue weighted by Gasteiger charge is -2.13. The van der Waals surface area contributed by atoms with Crippen LogP contribution in [0, 0.1) is 0 Å². The van der Waals surface area contributed by atoms with Crippen molar-refractivity contribution >= 4 is 0 Å². The van der Waals surface area contributed by atoms with Crippen molar-refractivity contribution in [1.82, 2.24) is 14.7 Å². The number of nitrogens with zero attached hydrogens (tertiary/aromatic N) is 3. The lowest BCUT2D eigenvalue weighted by molar-refractivity contribution is 0.270. The molecule has 0 bridgehead atoms. The van der Waals surface area contributed by atoms with Crippen molar-refractivity contribution in [2.45, 2.75) is 51.5 Å². The van der Waals surface area contributed by atoms with Gasteiger partial charge in [-0.1, -0.05) is 0 Å². The molecule has 0 spiro atoms. The molecule has 3 rings (SSSR count). The molecule has 2 aliphatic heterocycles. The minimum absolute atomic E-state index is 0.810. The Labute approximate surface area is 115 Å². The zero-order valence-electron chi connectivity index (χ0n) is 11.8. The van der Waals surface area contributed by atoms with Crippen LogP contribution in [0.15, 0.2) is 6.07 Å². The van der Waals surface area contributed by atoms with Crippen LogP contribution in [0.5, 0.6) is 5.88 Å². The average Bonchev–Trinajstić information content (AvgIpc) is 3.06. The van der Waals surface area contributed by atoms with Crippen molar-refractivity contribution in [3.8, 4) is 5.88 Å². The second-order valence-electron chi connectivity index (χ2n) is 5.76. The topological polar surface area (TPSA) is 30.3 Å². The van der Waals surface area contributed by atoms with E-state index in [1.807, 2.05) is 0 Å². The summed E-state index contributed by atoms with van der Waals surface area (Å²) in [5.74, 6) is 0.832. The molecule has 0 aliphatic carbocycles. The van der Waals surface area contributed by atoms with Crippen LogP contribution in [0.25, 0.3) is 0 Å². The van der Waals surface area contributed by atoms with Gasteiger partial charge < -0.3 is 9.64 Å².